The summed E-state index contributed by atoms with van der Waals surface area (Å²) in [6.07, 6.45) is 6.71. The van der Waals surface area contributed by atoms with Crippen molar-refractivity contribution >= 4 is 23.4 Å². The summed E-state index contributed by atoms with van der Waals surface area (Å²) >= 11 is 6.41. The Hall–Kier alpha value is -2.80. The van der Waals surface area contributed by atoms with Gasteiger partial charge in [0.25, 0.3) is 5.91 Å². The van der Waals surface area contributed by atoms with Gasteiger partial charge in [-0.1, -0.05) is 49.4 Å². The molecule has 0 radical (unpaired) electrons. The smallest absolute Gasteiger partial charge is 0.250 e. The van der Waals surface area contributed by atoms with E-state index in [9.17, 15) is 14.0 Å². The molecule has 6 nitrogen and oxygen atoms in total. The van der Waals surface area contributed by atoms with Gasteiger partial charge < -0.3 is 19.3 Å². The monoisotopic (exact) mass is 502 g/mol. The number of carbonyl (C=O) groups excluding carboxylic acids is 2. The number of benzene rings is 2. The fraction of sp³-hybridized carbons (Fsp3) is 0.481. The van der Waals surface area contributed by atoms with Gasteiger partial charge in [0.15, 0.2) is 11.5 Å². The van der Waals surface area contributed by atoms with E-state index in [-0.39, 0.29) is 29.4 Å². The molecule has 1 saturated heterocycles. The summed E-state index contributed by atoms with van der Waals surface area (Å²) < 4.78 is 24.5. The first-order chi connectivity index (χ1) is 16.9. The Morgan fingerprint density at radius 2 is 1.69 bits per heavy atom. The van der Waals surface area contributed by atoms with Crippen LogP contribution in [0.5, 0.6) is 11.5 Å². The lowest BCUT2D eigenvalue weighted by Gasteiger charge is -2.44. The van der Waals surface area contributed by atoms with E-state index in [4.69, 9.17) is 21.1 Å². The number of amides is 2. The maximum Gasteiger partial charge on any atom is 0.250 e. The van der Waals surface area contributed by atoms with Crippen LogP contribution in [0.3, 0.4) is 0 Å². The summed E-state index contributed by atoms with van der Waals surface area (Å²) in [5.41, 5.74) is 1.40. The van der Waals surface area contributed by atoms with E-state index in [0.717, 1.165) is 44.1 Å². The third kappa shape index (κ3) is 5.56. The van der Waals surface area contributed by atoms with Crippen LogP contribution in [0.25, 0.3) is 0 Å². The SMILES string of the molecule is COc1ccc(CCN2C(=O)CN(C3CCCCCC3)C(=O)[C@H]2c2ccc(F)cc2Cl)cc1OC. The van der Waals surface area contributed by atoms with Crippen molar-refractivity contribution in [2.45, 2.75) is 57.0 Å². The van der Waals surface area contributed by atoms with E-state index in [1.807, 2.05) is 18.2 Å². The van der Waals surface area contributed by atoms with Gasteiger partial charge in [-0.05, 0) is 49.1 Å². The van der Waals surface area contributed by atoms with Crippen molar-refractivity contribution in [1.82, 2.24) is 9.80 Å². The number of ether oxygens (including phenoxy) is 2. The van der Waals surface area contributed by atoms with Crippen LogP contribution in [0.1, 0.15) is 55.7 Å². The first kappa shape index (κ1) is 25.3. The summed E-state index contributed by atoms with van der Waals surface area (Å²) in [5, 5.41) is 0.148. The first-order valence-electron chi connectivity index (χ1n) is 12.2. The molecule has 0 spiro atoms. The van der Waals surface area contributed by atoms with E-state index in [2.05, 4.69) is 0 Å². The molecule has 1 aliphatic carbocycles. The second kappa shape index (κ2) is 11.3. The molecule has 1 saturated carbocycles. The van der Waals surface area contributed by atoms with Crippen molar-refractivity contribution in [2.75, 3.05) is 27.3 Å². The summed E-state index contributed by atoms with van der Waals surface area (Å²) in [5.74, 6) is 0.474. The van der Waals surface area contributed by atoms with Gasteiger partial charge in [-0.3, -0.25) is 9.59 Å². The van der Waals surface area contributed by atoms with E-state index in [0.29, 0.717) is 30.0 Å². The van der Waals surface area contributed by atoms with Crippen molar-refractivity contribution in [3.63, 3.8) is 0 Å². The Balaban J connectivity index is 1.63. The number of nitrogens with zero attached hydrogens (tertiary/aromatic N) is 2. The van der Waals surface area contributed by atoms with Crippen LogP contribution in [0.15, 0.2) is 36.4 Å². The molecule has 8 heteroatoms. The molecule has 2 fully saturated rings. The van der Waals surface area contributed by atoms with Gasteiger partial charge in [0.05, 0.1) is 14.2 Å². The van der Waals surface area contributed by atoms with Crippen molar-refractivity contribution in [1.29, 1.82) is 0 Å². The van der Waals surface area contributed by atoms with Crippen LogP contribution in [-0.4, -0.2) is 55.0 Å². The number of piperazine rings is 1. The average Bonchev–Trinajstić information content (AvgIpc) is 3.14. The zero-order valence-electron chi connectivity index (χ0n) is 20.3. The summed E-state index contributed by atoms with van der Waals surface area (Å²) in [7, 11) is 3.15. The third-order valence-electron chi connectivity index (χ3n) is 7.07. The van der Waals surface area contributed by atoms with Gasteiger partial charge in [-0.25, -0.2) is 4.39 Å². The molecule has 0 unspecified atom stereocenters. The van der Waals surface area contributed by atoms with E-state index in [1.165, 1.54) is 18.2 Å². The Bertz CT molecular complexity index is 1070. The van der Waals surface area contributed by atoms with Gasteiger partial charge in [0, 0.05) is 23.2 Å². The lowest BCUT2D eigenvalue weighted by molar-refractivity contribution is -0.158. The Kier molecular flexibility index (Phi) is 8.16. The fourth-order valence-corrected chi connectivity index (χ4v) is 5.46. The average molecular weight is 503 g/mol. The highest BCUT2D eigenvalue weighted by molar-refractivity contribution is 6.31. The maximum absolute atomic E-state index is 13.9. The largest absolute Gasteiger partial charge is 0.493 e. The summed E-state index contributed by atoms with van der Waals surface area (Å²) in [6, 6.07) is 8.77. The highest BCUT2D eigenvalue weighted by Gasteiger charge is 2.43. The van der Waals surface area contributed by atoms with Crippen molar-refractivity contribution in [2.24, 2.45) is 0 Å². The summed E-state index contributed by atoms with van der Waals surface area (Å²) in [6.45, 7) is 0.377. The van der Waals surface area contributed by atoms with Crippen molar-refractivity contribution in [3.05, 3.63) is 58.4 Å². The highest BCUT2D eigenvalue weighted by atomic mass is 35.5. The molecule has 2 aliphatic rings. The van der Waals surface area contributed by atoms with Crippen molar-refractivity contribution < 1.29 is 23.5 Å². The number of rotatable bonds is 7. The second-order valence-electron chi connectivity index (χ2n) is 9.21. The van der Waals surface area contributed by atoms with Gasteiger partial charge in [-0.15, -0.1) is 0 Å². The number of halogens is 2. The molecule has 1 heterocycles. The molecule has 35 heavy (non-hydrogen) atoms. The highest BCUT2D eigenvalue weighted by Crippen LogP contribution is 2.36. The molecule has 0 N–H and O–H groups in total. The van der Waals surface area contributed by atoms with Crippen LogP contribution in [0, 0.1) is 5.82 Å². The summed E-state index contributed by atoms with van der Waals surface area (Å²) in [4.78, 5) is 30.7. The molecule has 1 aliphatic heterocycles. The zero-order chi connectivity index (χ0) is 24.9. The Morgan fingerprint density at radius 3 is 2.34 bits per heavy atom. The predicted octanol–water partition coefficient (Wildman–Crippen LogP) is 5.17. The van der Waals surface area contributed by atoms with Crippen LogP contribution >= 0.6 is 11.6 Å². The number of carbonyl (C=O) groups is 2. The van der Waals surface area contributed by atoms with E-state index in [1.54, 1.807) is 24.0 Å². The minimum absolute atomic E-state index is 0.0451. The minimum atomic E-state index is -0.882. The number of hydrogen-bond donors (Lipinski definition) is 0. The lowest BCUT2D eigenvalue weighted by atomic mass is 9.96. The molecular formula is C27H32ClFN2O4. The first-order valence-corrected chi connectivity index (χ1v) is 12.6. The third-order valence-corrected chi connectivity index (χ3v) is 7.39. The second-order valence-corrected chi connectivity index (χ2v) is 9.61. The quantitative estimate of drug-likeness (QED) is 0.490. The molecule has 2 aromatic rings. The number of hydrogen-bond acceptors (Lipinski definition) is 4. The molecular weight excluding hydrogens is 471 g/mol. The topological polar surface area (TPSA) is 59.1 Å². The molecule has 2 aromatic carbocycles. The molecule has 188 valence electrons. The maximum atomic E-state index is 13.9. The van der Waals surface area contributed by atoms with Gasteiger partial charge in [0.2, 0.25) is 5.91 Å². The zero-order valence-corrected chi connectivity index (χ0v) is 21.0. The Labute approximate surface area is 210 Å². The lowest BCUT2D eigenvalue weighted by Crippen LogP contribution is -2.58. The van der Waals surface area contributed by atoms with Gasteiger partial charge >= 0.3 is 0 Å². The predicted molar refractivity (Wildman–Crippen MR) is 132 cm³/mol. The number of methoxy groups -OCH3 is 2. The van der Waals surface area contributed by atoms with Crippen LogP contribution in [0.4, 0.5) is 4.39 Å². The van der Waals surface area contributed by atoms with Crippen LogP contribution in [-0.2, 0) is 16.0 Å². The molecule has 0 bridgehead atoms. The van der Waals surface area contributed by atoms with Crippen molar-refractivity contribution in [3.8, 4) is 11.5 Å². The van der Waals surface area contributed by atoms with E-state index < -0.39 is 11.9 Å². The van der Waals surface area contributed by atoms with Crippen LogP contribution < -0.4 is 9.47 Å². The molecule has 0 aromatic heterocycles. The Morgan fingerprint density at radius 1 is 0.971 bits per heavy atom. The van der Waals surface area contributed by atoms with Crippen LogP contribution in [0.2, 0.25) is 5.02 Å². The van der Waals surface area contributed by atoms with Gasteiger partial charge in [0.1, 0.15) is 18.4 Å². The minimum Gasteiger partial charge on any atom is -0.493 e. The fourth-order valence-electron chi connectivity index (χ4n) is 5.19. The standard InChI is InChI=1S/C27H32ClFN2O4/c1-34-23-12-9-18(15-24(23)35-2)13-14-30-25(32)17-31(20-7-5-3-4-6-8-20)27(33)26(30)21-11-10-19(29)16-22(21)28/h9-12,15-16,20,26H,3-8,13-14,17H2,1-2H3/t26-/m1/s1. The normalized spacial score (nSPS) is 19.6. The van der Waals surface area contributed by atoms with E-state index >= 15 is 0 Å². The molecule has 4 rings (SSSR count). The van der Waals surface area contributed by atoms with Gasteiger partial charge in [-0.2, -0.15) is 0 Å². The molecule has 2 amide bonds. The molecule has 1 atom stereocenters.